The van der Waals surface area contributed by atoms with Crippen LogP contribution in [-0.4, -0.2) is 20.8 Å². The molecular formula is C14H14ClF3N4O2. The third-order valence-electron chi connectivity index (χ3n) is 3.61. The molecule has 3 rings (SSSR count). The smallest absolute Gasteiger partial charge is 0.360 e. The lowest BCUT2D eigenvalue weighted by Crippen LogP contribution is -2.16. The lowest BCUT2D eigenvalue weighted by Gasteiger charge is -2.06. The molecule has 24 heavy (non-hydrogen) atoms. The van der Waals surface area contributed by atoms with Gasteiger partial charge >= 0.3 is 6.18 Å². The first-order chi connectivity index (χ1) is 11.3. The van der Waals surface area contributed by atoms with Crippen LogP contribution < -0.4 is 5.32 Å². The number of aromatic nitrogens is 3. The predicted octanol–water partition coefficient (Wildman–Crippen LogP) is 3.76. The molecule has 1 fully saturated rings. The number of hydrogen-bond donors (Lipinski definition) is 1. The average Bonchev–Trinajstić information content (AvgIpc) is 3.14. The Bertz CT molecular complexity index is 765. The van der Waals surface area contributed by atoms with E-state index in [0.29, 0.717) is 11.5 Å². The summed E-state index contributed by atoms with van der Waals surface area (Å²) >= 11 is 5.87. The number of carbonyl (C=O) groups is 1. The molecule has 1 aliphatic rings. The molecule has 1 amide bonds. The molecule has 1 N–H and O–H groups in total. The Kier molecular flexibility index (Phi) is 4.29. The van der Waals surface area contributed by atoms with Crippen LogP contribution in [0, 0.1) is 6.92 Å². The molecule has 0 aromatic carbocycles. The number of amides is 1. The van der Waals surface area contributed by atoms with Gasteiger partial charge in [0.15, 0.2) is 11.5 Å². The number of nitrogens with one attached hydrogen (secondary N) is 1. The van der Waals surface area contributed by atoms with Crippen molar-refractivity contribution >= 4 is 23.3 Å². The summed E-state index contributed by atoms with van der Waals surface area (Å²) in [6.45, 7) is 1.68. The maximum absolute atomic E-state index is 13.0. The molecule has 130 valence electrons. The molecule has 2 aromatic heterocycles. The van der Waals surface area contributed by atoms with Gasteiger partial charge in [0, 0.05) is 18.4 Å². The number of nitrogens with zero attached hydrogens (tertiary/aromatic N) is 3. The Morgan fingerprint density at radius 3 is 2.75 bits per heavy atom. The molecule has 1 aliphatic carbocycles. The molecule has 0 radical (unpaired) electrons. The fourth-order valence-electron chi connectivity index (χ4n) is 2.39. The number of aryl methyl sites for hydroxylation is 2. The second-order valence-corrected chi connectivity index (χ2v) is 6.04. The summed E-state index contributed by atoms with van der Waals surface area (Å²) in [6.07, 6.45) is -3.13. The van der Waals surface area contributed by atoms with Crippen LogP contribution in [0.5, 0.6) is 0 Å². The Balaban J connectivity index is 1.71. The van der Waals surface area contributed by atoms with Crippen molar-refractivity contribution in [1.82, 2.24) is 14.9 Å². The van der Waals surface area contributed by atoms with E-state index >= 15 is 0 Å². The van der Waals surface area contributed by atoms with Crippen molar-refractivity contribution in [2.45, 2.75) is 44.8 Å². The number of alkyl halides is 3. The molecule has 6 nitrogen and oxygen atoms in total. The Labute approximate surface area is 139 Å². The summed E-state index contributed by atoms with van der Waals surface area (Å²) in [4.78, 5) is 11.9. The van der Waals surface area contributed by atoms with Gasteiger partial charge in [0.05, 0.1) is 17.3 Å². The fourth-order valence-corrected chi connectivity index (χ4v) is 2.79. The highest BCUT2D eigenvalue weighted by Gasteiger charge is 2.41. The van der Waals surface area contributed by atoms with Crippen LogP contribution in [0.2, 0.25) is 5.02 Å². The summed E-state index contributed by atoms with van der Waals surface area (Å²) in [7, 11) is 0. The van der Waals surface area contributed by atoms with E-state index in [-0.39, 0.29) is 29.7 Å². The van der Waals surface area contributed by atoms with Crippen molar-refractivity contribution in [3.63, 3.8) is 0 Å². The zero-order valence-electron chi connectivity index (χ0n) is 12.7. The number of halogens is 4. The monoisotopic (exact) mass is 362 g/mol. The maximum Gasteiger partial charge on any atom is 0.436 e. The van der Waals surface area contributed by atoms with Gasteiger partial charge in [-0.25, -0.2) is 0 Å². The van der Waals surface area contributed by atoms with E-state index in [2.05, 4.69) is 15.6 Å². The number of rotatable bonds is 5. The summed E-state index contributed by atoms with van der Waals surface area (Å²) in [5.41, 5.74) is -0.743. The zero-order chi connectivity index (χ0) is 17.5. The van der Waals surface area contributed by atoms with Gasteiger partial charge in [-0.1, -0.05) is 16.8 Å². The number of anilines is 1. The minimum Gasteiger partial charge on any atom is -0.360 e. The molecule has 1 saturated carbocycles. The minimum absolute atomic E-state index is 0.00427. The molecule has 2 heterocycles. The molecule has 0 saturated heterocycles. The molecule has 10 heteroatoms. The standard InChI is InChI=1S/C14H14ClF3N4O2/c1-7-6-9(21-24-7)19-10(23)4-5-22-12(8-2-3-8)11(15)13(20-22)14(16,17)18/h6,8H,2-5H2,1H3,(H,19,21,23). The van der Waals surface area contributed by atoms with E-state index in [1.54, 1.807) is 13.0 Å². The largest absolute Gasteiger partial charge is 0.436 e. The van der Waals surface area contributed by atoms with E-state index in [4.69, 9.17) is 16.1 Å². The van der Waals surface area contributed by atoms with Gasteiger partial charge < -0.3 is 9.84 Å². The van der Waals surface area contributed by atoms with Gasteiger partial charge in [0.2, 0.25) is 5.91 Å². The fraction of sp³-hybridized carbons (Fsp3) is 0.500. The summed E-state index contributed by atoms with van der Waals surface area (Å²) in [5.74, 6) is 0.372. The van der Waals surface area contributed by atoms with Crippen molar-refractivity contribution < 1.29 is 22.5 Å². The Morgan fingerprint density at radius 2 is 2.21 bits per heavy atom. The molecule has 2 aromatic rings. The minimum atomic E-state index is -4.62. The third kappa shape index (κ3) is 3.55. The molecular weight excluding hydrogens is 349 g/mol. The van der Waals surface area contributed by atoms with E-state index in [1.165, 1.54) is 4.68 Å². The number of hydrogen-bond acceptors (Lipinski definition) is 4. The number of carbonyl (C=O) groups excluding carboxylic acids is 1. The van der Waals surface area contributed by atoms with Crippen LogP contribution in [0.4, 0.5) is 19.0 Å². The van der Waals surface area contributed by atoms with Crippen LogP contribution in [0.1, 0.15) is 42.3 Å². The molecule has 0 atom stereocenters. The van der Waals surface area contributed by atoms with Crippen molar-refractivity contribution in [1.29, 1.82) is 0 Å². The lowest BCUT2D eigenvalue weighted by molar-refractivity contribution is -0.141. The van der Waals surface area contributed by atoms with Crippen molar-refractivity contribution in [2.24, 2.45) is 0 Å². The SMILES string of the molecule is Cc1cc(NC(=O)CCn2nc(C(F)(F)F)c(Cl)c2C2CC2)no1. The third-order valence-corrected chi connectivity index (χ3v) is 3.98. The summed E-state index contributed by atoms with van der Waals surface area (Å²) in [5, 5.41) is 9.33. The molecule has 0 spiro atoms. The van der Waals surface area contributed by atoms with Gasteiger partial charge in [-0.05, 0) is 19.8 Å². The van der Waals surface area contributed by atoms with Crippen LogP contribution in [0.25, 0.3) is 0 Å². The van der Waals surface area contributed by atoms with E-state index in [9.17, 15) is 18.0 Å². The lowest BCUT2D eigenvalue weighted by atomic mass is 10.2. The molecule has 0 unspecified atom stereocenters. The summed E-state index contributed by atoms with van der Waals surface area (Å²) in [6, 6.07) is 1.54. The van der Waals surface area contributed by atoms with Crippen LogP contribution in [0.3, 0.4) is 0 Å². The zero-order valence-corrected chi connectivity index (χ0v) is 13.4. The van der Waals surface area contributed by atoms with Crippen molar-refractivity contribution in [3.8, 4) is 0 Å². The quantitative estimate of drug-likeness (QED) is 0.879. The highest BCUT2D eigenvalue weighted by molar-refractivity contribution is 6.32. The van der Waals surface area contributed by atoms with E-state index in [0.717, 1.165) is 12.8 Å². The molecule has 0 aliphatic heterocycles. The Morgan fingerprint density at radius 1 is 1.50 bits per heavy atom. The second-order valence-electron chi connectivity index (χ2n) is 5.66. The van der Waals surface area contributed by atoms with Crippen LogP contribution in [0.15, 0.2) is 10.6 Å². The van der Waals surface area contributed by atoms with E-state index < -0.39 is 17.8 Å². The van der Waals surface area contributed by atoms with Gasteiger partial charge in [-0.3, -0.25) is 9.48 Å². The van der Waals surface area contributed by atoms with Gasteiger partial charge in [-0.15, -0.1) is 0 Å². The van der Waals surface area contributed by atoms with Crippen LogP contribution >= 0.6 is 11.6 Å². The normalized spacial score (nSPS) is 14.9. The maximum atomic E-state index is 13.0. The van der Waals surface area contributed by atoms with Crippen LogP contribution in [-0.2, 0) is 17.5 Å². The first-order valence-corrected chi connectivity index (χ1v) is 7.70. The highest BCUT2D eigenvalue weighted by atomic mass is 35.5. The Hall–Kier alpha value is -2.03. The first kappa shape index (κ1) is 16.8. The summed E-state index contributed by atoms with van der Waals surface area (Å²) < 4.78 is 44.9. The average molecular weight is 363 g/mol. The highest BCUT2D eigenvalue weighted by Crippen LogP contribution is 2.46. The van der Waals surface area contributed by atoms with Crippen molar-refractivity contribution in [2.75, 3.05) is 5.32 Å². The molecule has 0 bridgehead atoms. The predicted molar refractivity (Wildman–Crippen MR) is 78.7 cm³/mol. The van der Waals surface area contributed by atoms with Crippen molar-refractivity contribution in [3.05, 3.63) is 28.2 Å². The van der Waals surface area contributed by atoms with Gasteiger partial charge in [-0.2, -0.15) is 18.3 Å². The van der Waals surface area contributed by atoms with E-state index in [1.807, 2.05) is 0 Å². The van der Waals surface area contributed by atoms with Gasteiger partial charge in [0.25, 0.3) is 0 Å². The first-order valence-electron chi connectivity index (χ1n) is 7.32. The topological polar surface area (TPSA) is 73.0 Å². The second kappa shape index (κ2) is 6.12. The van der Waals surface area contributed by atoms with Gasteiger partial charge in [0.1, 0.15) is 5.76 Å².